The number of carbonyl (C=O) groups is 1. The maximum atomic E-state index is 12.6. The zero-order valence-electron chi connectivity index (χ0n) is 12.5. The van der Waals surface area contributed by atoms with Crippen LogP contribution in [0.1, 0.15) is 40.8 Å². The van der Waals surface area contributed by atoms with E-state index in [2.05, 4.69) is 21.5 Å². The van der Waals surface area contributed by atoms with Gasteiger partial charge in [-0.25, -0.2) is 4.98 Å². The predicted molar refractivity (Wildman–Crippen MR) is 80.1 cm³/mol. The summed E-state index contributed by atoms with van der Waals surface area (Å²) >= 11 is 0. The number of carbonyl (C=O) groups excluding carboxylic acids is 1. The molecule has 0 saturated carbocycles. The Kier molecular flexibility index (Phi) is 3.73. The zero-order valence-corrected chi connectivity index (χ0v) is 12.5. The molecule has 1 atom stereocenters. The summed E-state index contributed by atoms with van der Waals surface area (Å²) in [5, 5.41) is 0. The highest BCUT2D eigenvalue weighted by Gasteiger charge is 2.26. The van der Waals surface area contributed by atoms with Gasteiger partial charge in [0.25, 0.3) is 5.91 Å². The van der Waals surface area contributed by atoms with Crippen LogP contribution in [-0.4, -0.2) is 38.4 Å². The summed E-state index contributed by atoms with van der Waals surface area (Å²) in [5.41, 5.74) is 1.88. The number of aromatic nitrogens is 3. The normalized spacial score (nSPS) is 18.8. The van der Waals surface area contributed by atoms with E-state index in [1.807, 2.05) is 18.0 Å². The van der Waals surface area contributed by atoms with Crippen LogP contribution in [0.2, 0.25) is 0 Å². The second-order valence-corrected chi connectivity index (χ2v) is 5.60. The largest absolute Gasteiger partial charge is 0.337 e. The summed E-state index contributed by atoms with van der Waals surface area (Å²) in [4.78, 5) is 22.8. The van der Waals surface area contributed by atoms with Crippen LogP contribution in [-0.2, 0) is 0 Å². The average Bonchev–Trinajstić information content (AvgIpc) is 2.86. The number of hydrogen-bond donors (Lipinski definition) is 0. The fourth-order valence-electron chi connectivity index (χ4n) is 3.15. The number of imidazole rings is 1. The zero-order chi connectivity index (χ0) is 14.8. The molecule has 3 rings (SSSR count). The van der Waals surface area contributed by atoms with Crippen molar-refractivity contribution in [1.82, 2.24) is 19.4 Å². The van der Waals surface area contributed by atoms with Crippen molar-refractivity contribution in [3.05, 3.63) is 47.8 Å². The van der Waals surface area contributed by atoms with Gasteiger partial charge in [0.1, 0.15) is 5.82 Å². The Hall–Kier alpha value is -2.17. The molecule has 1 unspecified atom stereocenters. The second kappa shape index (κ2) is 5.68. The van der Waals surface area contributed by atoms with Gasteiger partial charge in [-0.15, -0.1) is 0 Å². The van der Waals surface area contributed by atoms with E-state index in [9.17, 15) is 4.79 Å². The van der Waals surface area contributed by atoms with Crippen molar-refractivity contribution < 1.29 is 4.79 Å². The maximum Gasteiger partial charge on any atom is 0.254 e. The van der Waals surface area contributed by atoms with Gasteiger partial charge in [-0.2, -0.15) is 0 Å². The third-order valence-corrected chi connectivity index (χ3v) is 4.14. The Balaban J connectivity index is 1.79. The van der Waals surface area contributed by atoms with E-state index in [1.54, 1.807) is 24.5 Å². The summed E-state index contributed by atoms with van der Waals surface area (Å²) in [6.07, 6.45) is 7.35. The lowest BCUT2D eigenvalue weighted by atomic mass is 10.0. The van der Waals surface area contributed by atoms with E-state index in [0.29, 0.717) is 11.6 Å². The van der Waals surface area contributed by atoms with Gasteiger partial charge >= 0.3 is 0 Å². The minimum Gasteiger partial charge on any atom is -0.337 e. The van der Waals surface area contributed by atoms with Crippen LogP contribution in [0.3, 0.4) is 0 Å². The SMILES string of the molecule is Cc1cnc(C)n1C1CCCN(C(=O)c2ccncc2)C1. The van der Waals surface area contributed by atoms with Crippen LogP contribution in [0.4, 0.5) is 0 Å². The van der Waals surface area contributed by atoms with Crippen LogP contribution in [0.15, 0.2) is 30.7 Å². The van der Waals surface area contributed by atoms with E-state index >= 15 is 0 Å². The molecule has 3 heterocycles. The summed E-state index contributed by atoms with van der Waals surface area (Å²) < 4.78 is 2.26. The van der Waals surface area contributed by atoms with Crippen LogP contribution < -0.4 is 0 Å². The molecule has 0 aliphatic carbocycles. The standard InChI is InChI=1S/C16H20N4O/c1-12-10-18-13(2)20(12)15-4-3-9-19(11-15)16(21)14-5-7-17-8-6-14/h5-8,10,15H,3-4,9,11H2,1-2H3. The van der Waals surface area contributed by atoms with E-state index in [4.69, 9.17) is 0 Å². The van der Waals surface area contributed by atoms with Crippen molar-refractivity contribution in [2.24, 2.45) is 0 Å². The molecular weight excluding hydrogens is 264 g/mol. The predicted octanol–water partition coefficient (Wildman–Crippen LogP) is 2.37. The van der Waals surface area contributed by atoms with Crippen LogP contribution >= 0.6 is 0 Å². The Morgan fingerprint density at radius 2 is 2.05 bits per heavy atom. The number of piperidine rings is 1. The molecule has 2 aromatic rings. The number of hydrogen-bond acceptors (Lipinski definition) is 3. The number of likely N-dealkylation sites (tertiary alicyclic amines) is 1. The molecule has 1 aliphatic rings. The molecular formula is C16H20N4O. The molecule has 1 aliphatic heterocycles. The fraction of sp³-hybridized carbons (Fsp3) is 0.438. The lowest BCUT2D eigenvalue weighted by Crippen LogP contribution is -2.41. The van der Waals surface area contributed by atoms with Crippen molar-refractivity contribution in [3.8, 4) is 0 Å². The topological polar surface area (TPSA) is 51.0 Å². The maximum absolute atomic E-state index is 12.6. The summed E-state index contributed by atoms with van der Waals surface area (Å²) in [7, 11) is 0. The van der Waals surface area contributed by atoms with Gasteiger partial charge in [-0.3, -0.25) is 9.78 Å². The molecule has 1 amide bonds. The highest BCUT2D eigenvalue weighted by molar-refractivity contribution is 5.94. The van der Waals surface area contributed by atoms with E-state index in [0.717, 1.165) is 37.4 Å². The molecule has 5 heteroatoms. The molecule has 0 spiro atoms. The van der Waals surface area contributed by atoms with E-state index in [1.165, 1.54) is 0 Å². The van der Waals surface area contributed by atoms with Gasteiger partial charge in [0.05, 0.1) is 6.04 Å². The second-order valence-electron chi connectivity index (χ2n) is 5.60. The number of nitrogens with zero attached hydrogens (tertiary/aromatic N) is 4. The average molecular weight is 284 g/mol. The highest BCUT2D eigenvalue weighted by Crippen LogP contribution is 2.25. The van der Waals surface area contributed by atoms with Crippen molar-refractivity contribution >= 4 is 5.91 Å². The number of pyridine rings is 1. The van der Waals surface area contributed by atoms with Crippen molar-refractivity contribution in [1.29, 1.82) is 0 Å². The van der Waals surface area contributed by atoms with Crippen LogP contribution in [0.5, 0.6) is 0 Å². The quantitative estimate of drug-likeness (QED) is 0.850. The van der Waals surface area contributed by atoms with E-state index in [-0.39, 0.29) is 5.91 Å². The third-order valence-electron chi connectivity index (χ3n) is 4.14. The van der Waals surface area contributed by atoms with Gasteiger partial charge in [-0.05, 0) is 38.8 Å². The van der Waals surface area contributed by atoms with E-state index < -0.39 is 0 Å². The molecule has 5 nitrogen and oxygen atoms in total. The molecule has 21 heavy (non-hydrogen) atoms. The van der Waals surface area contributed by atoms with Gasteiger partial charge < -0.3 is 9.47 Å². The number of rotatable bonds is 2. The first kappa shape index (κ1) is 13.8. The van der Waals surface area contributed by atoms with Crippen LogP contribution in [0.25, 0.3) is 0 Å². The van der Waals surface area contributed by atoms with Gasteiger partial charge in [0.15, 0.2) is 0 Å². The third kappa shape index (κ3) is 2.68. The summed E-state index contributed by atoms with van der Waals surface area (Å²) in [6.45, 7) is 5.67. The molecule has 0 aromatic carbocycles. The molecule has 1 fully saturated rings. The Morgan fingerprint density at radius 1 is 1.29 bits per heavy atom. The minimum atomic E-state index is 0.0949. The molecule has 2 aromatic heterocycles. The van der Waals surface area contributed by atoms with Gasteiger partial charge in [-0.1, -0.05) is 0 Å². The number of aryl methyl sites for hydroxylation is 2. The smallest absolute Gasteiger partial charge is 0.254 e. The van der Waals surface area contributed by atoms with Gasteiger partial charge in [0.2, 0.25) is 0 Å². The first-order chi connectivity index (χ1) is 10.2. The molecule has 0 N–H and O–H groups in total. The van der Waals surface area contributed by atoms with Crippen LogP contribution in [0, 0.1) is 13.8 Å². The minimum absolute atomic E-state index is 0.0949. The molecule has 0 radical (unpaired) electrons. The Bertz CT molecular complexity index is 615. The first-order valence-electron chi connectivity index (χ1n) is 7.36. The first-order valence-corrected chi connectivity index (χ1v) is 7.36. The molecule has 110 valence electrons. The number of amides is 1. The van der Waals surface area contributed by atoms with Gasteiger partial charge in [0, 0.05) is 42.9 Å². The lowest BCUT2D eigenvalue weighted by Gasteiger charge is -2.34. The van der Waals surface area contributed by atoms with Crippen molar-refractivity contribution in [2.45, 2.75) is 32.7 Å². The fourth-order valence-corrected chi connectivity index (χ4v) is 3.15. The Labute approximate surface area is 124 Å². The lowest BCUT2D eigenvalue weighted by molar-refractivity contribution is 0.0677. The Morgan fingerprint density at radius 3 is 2.71 bits per heavy atom. The summed E-state index contributed by atoms with van der Waals surface area (Å²) in [6, 6.07) is 3.88. The monoisotopic (exact) mass is 284 g/mol. The van der Waals surface area contributed by atoms with Crippen molar-refractivity contribution in [3.63, 3.8) is 0 Å². The molecule has 1 saturated heterocycles. The highest BCUT2D eigenvalue weighted by atomic mass is 16.2. The van der Waals surface area contributed by atoms with Crippen molar-refractivity contribution in [2.75, 3.05) is 13.1 Å². The molecule has 0 bridgehead atoms. The summed E-state index contributed by atoms with van der Waals surface area (Å²) in [5.74, 6) is 1.12.